The van der Waals surface area contributed by atoms with Crippen LogP contribution in [0.25, 0.3) is 0 Å². The van der Waals surface area contributed by atoms with E-state index in [0.29, 0.717) is 0 Å². The molecule has 1 aromatic rings. The van der Waals surface area contributed by atoms with E-state index in [9.17, 15) is 8.42 Å². The summed E-state index contributed by atoms with van der Waals surface area (Å²) < 4.78 is 38.1. The fraction of sp³-hybridized carbons (Fsp3) is 0. The fourth-order valence-electron chi connectivity index (χ4n) is 0.528. The second-order valence-corrected chi connectivity index (χ2v) is 4.22. The van der Waals surface area contributed by atoms with Gasteiger partial charge in [-0.25, -0.2) is 8.42 Å². The van der Waals surface area contributed by atoms with Crippen LogP contribution in [-0.2, 0) is 22.2 Å². The molecular formula is C4H4O4S3. The minimum Gasteiger partial charge on any atom is -0.302 e. The van der Waals surface area contributed by atoms with Crippen molar-refractivity contribution in [2.24, 2.45) is 0 Å². The summed E-state index contributed by atoms with van der Waals surface area (Å²) in [7, 11) is 0. The Morgan fingerprint density at radius 3 is 1.73 bits per heavy atom. The first-order valence-corrected chi connectivity index (χ1v) is 5.56. The molecule has 0 amide bonds. The summed E-state index contributed by atoms with van der Waals surface area (Å²) in [5.41, 5.74) is 0. The molecule has 0 radical (unpaired) electrons. The molecule has 2 atom stereocenters. The van der Waals surface area contributed by atoms with E-state index in [1.807, 2.05) is 0 Å². The molecule has 0 bridgehead atoms. The van der Waals surface area contributed by atoms with Crippen molar-refractivity contribution in [3.63, 3.8) is 0 Å². The van der Waals surface area contributed by atoms with Gasteiger partial charge >= 0.3 is 0 Å². The summed E-state index contributed by atoms with van der Waals surface area (Å²) in [6, 6.07) is 0. The van der Waals surface area contributed by atoms with Crippen molar-refractivity contribution in [1.29, 1.82) is 0 Å². The standard InChI is InChI=1S/C4H4O4S3/c5-10(6)3-1-9-2-4(3)11(7)8/h1-2H,(H,5,6)(H,7,8). The molecule has 62 valence electrons. The first-order valence-electron chi connectivity index (χ1n) is 2.41. The minimum absolute atomic E-state index is 0.0100. The summed E-state index contributed by atoms with van der Waals surface area (Å²) in [4.78, 5) is 0.0201. The van der Waals surface area contributed by atoms with Gasteiger partial charge in [0.15, 0.2) is 22.2 Å². The van der Waals surface area contributed by atoms with E-state index in [1.54, 1.807) is 0 Å². The highest BCUT2D eigenvalue weighted by atomic mass is 32.2. The highest BCUT2D eigenvalue weighted by Gasteiger charge is 2.12. The number of hydrogen-bond acceptors (Lipinski definition) is 3. The molecule has 0 aromatic carbocycles. The van der Waals surface area contributed by atoms with E-state index in [0.717, 1.165) is 11.3 Å². The van der Waals surface area contributed by atoms with Gasteiger partial charge in [-0.15, -0.1) is 11.3 Å². The zero-order chi connectivity index (χ0) is 8.43. The monoisotopic (exact) mass is 212 g/mol. The summed E-state index contributed by atoms with van der Waals surface area (Å²) in [6.07, 6.45) is 0. The van der Waals surface area contributed by atoms with Gasteiger partial charge in [-0.05, 0) is 0 Å². The summed E-state index contributed by atoms with van der Waals surface area (Å²) in [5.74, 6) is 0. The maximum absolute atomic E-state index is 10.5. The van der Waals surface area contributed by atoms with E-state index < -0.39 is 22.2 Å². The number of thiophene rings is 1. The zero-order valence-corrected chi connectivity index (χ0v) is 7.54. The molecule has 0 aliphatic carbocycles. The van der Waals surface area contributed by atoms with Gasteiger partial charge in [-0.2, -0.15) is 0 Å². The molecule has 0 aliphatic heterocycles. The van der Waals surface area contributed by atoms with Crippen LogP contribution < -0.4 is 0 Å². The zero-order valence-electron chi connectivity index (χ0n) is 5.09. The Kier molecular flexibility index (Phi) is 2.90. The van der Waals surface area contributed by atoms with Crippen molar-refractivity contribution in [3.05, 3.63) is 10.8 Å². The van der Waals surface area contributed by atoms with Gasteiger partial charge in [-0.3, -0.25) is 0 Å². The smallest absolute Gasteiger partial charge is 0.188 e. The Hall–Kier alpha value is -0.0800. The van der Waals surface area contributed by atoms with Crippen molar-refractivity contribution >= 4 is 33.5 Å². The molecule has 2 N–H and O–H groups in total. The predicted molar refractivity (Wildman–Crippen MR) is 42.4 cm³/mol. The van der Waals surface area contributed by atoms with E-state index in [1.165, 1.54) is 10.8 Å². The van der Waals surface area contributed by atoms with Crippen molar-refractivity contribution < 1.29 is 17.5 Å². The molecule has 0 fully saturated rings. The number of rotatable bonds is 2. The predicted octanol–water partition coefficient (Wildman–Crippen LogP) is 0.909. The summed E-state index contributed by atoms with van der Waals surface area (Å²) in [6.45, 7) is 0. The Labute approximate surface area is 71.8 Å². The quantitative estimate of drug-likeness (QED) is 0.714. The van der Waals surface area contributed by atoms with Crippen LogP contribution in [0.15, 0.2) is 20.6 Å². The highest BCUT2D eigenvalue weighted by molar-refractivity contribution is 7.82. The molecule has 4 nitrogen and oxygen atoms in total. The topological polar surface area (TPSA) is 74.6 Å². The molecule has 1 heterocycles. The van der Waals surface area contributed by atoms with E-state index in [-0.39, 0.29) is 9.79 Å². The molecular weight excluding hydrogens is 208 g/mol. The normalized spacial score (nSPS) is 16.2. The molecule has 0 saturated heterocycles. The van der Waals surface area contributed by atoms with Crippen molar-refractivity contribution in [2.75, 3.05) is 0 Å². The van der Waals surface area contributed by atoms with Crippen molar-refractivity contribution in [3.8, 4) is 0 Å². The third kappa shape index (κ3) is 1.94. The maximum Gasteiger partial charge on any atom is 0.188 e. The fourth-order valence-corrected chi connectivity index (χ4v) is 3.13. The van der Waals surface area contributed by atoms with Gasteiger partial charge in [0, 0.05) is 10.8 Å². The summed E-state index contributed by atoms with van der Waals surface area (Å²) in [5, 5.41) is 2.75. The Morgan fingerprint density at radius 2 is 1.45 bits per heavy atom. The average molecular weight is 212 g/mol. The van der Waals surface area contributed by atoms with Crippen molar-refractivity contribution in [1.82, 2.24) is 0 Å². The molecule has 11 heavy (non-hydrogen) atoms. The Balaban J connectivity index is 3.16. The molecule has 0 aliphatic rings. The van der Waals surface area contributed by atoms with Gasteiger partial charge in [0.1, 0.15) is 0 Å². The van der Waals surface area contributed by atoms with E-state index in [4.69, 9.17) is 9.11 Å². The minimum atomic E-state index is -2.17. The Bertz CT molecular complexity index is 276. The third-order valence-electron chi connectivity index (χ3n) is 0.969. The number of hydrogen-bond donors (Lipinski definition) is 2. The highest BCUT2D eigenvalue weighted by Crippen LogP contribution is 2.20. The molecule has 1 aromatic heterocycles. The van der Waals surface area contributed by atoms with Gasteiger partial charge in [-0.1, -0.05) is 0 Å². The largest absolute Gasteiger partial charge is 0.302 e. The lowest BCUT2D eigenvalue weighted by molar-refractivity contribution is 0.551. The lowest BCUT2D eigenvalue weighted by Gasteiger charge is -1.91. The molecule has 1 rings (SSSR count). The van der Waals surface area contributed by atoms with Crippen LogP contribution in [0.4, 0.5) is 0 Å². The van der Waals surface area contributed by atoms with Crippen LogP contribution in [0.2, 0.25) is 0 Å². The SMILES string of the molecule is O=S(O)c1cscc1S(=O)O. The lowest BCUT2D eigenvalue weighted by Crippen LogP contribution is -1.93. The molecule has 0 saturated carbocycles. The lowest BCUT2D eigenvalue weighted by atomic mass is 10.7. The van der Waals surface area contributed by atoms with Gasteiger partial charge in [0.25, 0.3) is 0 Å². The Morgan fingerprint density at radius 1 is 1.09 bits per heavy atom. The van der Waals surface area contributed by atoms with Crippen molar-refractivity contribution in [2.45, 2.75) is 9.79 Å². The van der Waals surface area contributed by atoms with E-state index in [2.05, 4.69) is 0 Å². The van der Waals surface area contributed by atoms with Gasteiger partial charge < -0.3 is 9.11 Å². The van der Waals surface area contributed by atoms with E-state index >= 15 is 0 Å². The van der Waals surface area contributed by atoms with Crippen LogP contribution in [0, 0.1) is 0 Å². The third-order valence-corrected chi connectivity index (χ3v) is 3.57. The van der Waals surface area contributed by atoms with Crippen LogP contribution in [0.5, 0.6) is 0 Å². The second kappa shape index (κ2) is 3.55. The first-order chi connectivity index (χ1) is 5.13. The first kappa shape index (κ1) is 9.01. The van der Waals surface area contributed by atoms with Crippen LogP contribution in [0.3, 0.4) is 0 Å². The van der Waals surface area contributed by atoms with Crippen LogP contribution >= 0.6 is 11.3 Å². The second-order valence-electron chi connectivity index (χ2n) is 1.60. The molecule has 2 unspecified atom stereocenters. The van der Waals surface area contributed by atoms with Gasteiger partial charge in [0.05, 0.1) is 9.79 Å². The molecule has 7 heteroatoms. The average Bonchev–Trinajstić information content (AvgIpc) is 2.32. The summed E-state index contributed by atoms with van der Waals surface area (Å²) >= 11 is -3.23. The van der Waals surface area contributed by atoms with Crippen LogP contribution in [-0.4, -0.2) is 17.5 Å². The van der Waals surface area contributed by atoms with Gasteiger partial charge in [0.2, 0.25) is 0 Å². The van der Waals surface area contributed by atoms with Crippen LogP contribution in [0.1, 0.15) is 0 Å². The maximum atomic E-state index is 10.5. The molecule has 0 spiro atoms.